The van der Waals surface area contributed by atoms with E-state index >= 15 is 0 Å². The minimum absolute atomic E-state index is 0.218. The highest BCUT2D eigenvalue weighted by Gasteiger charge is 2.25. The summed E-state index contributed by atoms with van der Waals surface area (Å²) in [5, 5.41) is 7.89. The lowest BCUT2D eigenvalue weighted by Gasteiger charge is -2.19. The predicted molar refractivity (Wildman–Crippen MR) is 109 cm³/mol. The molecule has 0 aromatic carbocycles. The molecule has 1 aliphatic heterocycles. The molecule has 0 saturated carbocycles. The maximum absolute atomic E-state index is 13.9. The van der Waals surface area contributed by atoms with E-state index in [-0.39, 0.29) is 11.9 Å². The molecule has 6 nitrogen and oxygen atoms in total. The van der Waals surface area contributed by atoms with Crippen molar-refractivity contribution in [2.75, 3.05) is 31.1 Å². The van der Waals surface area contributed by atoms with Crippen molar-refractivity contribution in [1.29, 1.82) is 0 Å². The van der Waals surface area contributed by atoms with Gasteiger partial charge in [0.2, 0.25) is 0 Å². The number of nitrogens with one attached hydrogen (secondary N) is 2. The Labute approximate surface area is 163 Å². The maximum Gasteiger partial charge on any atom is 0.191 e. The van der Waals surface area contributed by atoms with E-state index in [2.05, 4.69) is 39.4 Å². The minimum Gasteiger partial charge on any atom is -0.357 e. The number of aliphatic imine (C=N–C) groups is 1. The highest BCUT2D eigenvalue weighted by molar-refractivity contribution is 7.11. The second-order valence-corrected chi connectivity index (χ2v) is 7.67. The van der Waals surface area contributed by atoms with Crippen molar-refractivity contribution in [3.63, 3.8) is 0 Å². The highest BCUT2D eigenvalue weighted by Crippen LogP contribution is 2.20. The fraction of sp³-hybridized carbons (Fsp3) is 0.526. The Bertz CT molecular complexity index is 762. The molecule has 2 aromatic heterocycles. The van der Waals surface area contributed by atoms with Gasteiger partial charge in [0, 0.05) is 55.9 Å². The van der Waals surface area contributed by atoms with Gasteiger partial charge in [0.15, 0.2) is 17.6 Å². The van der Waals surface area contributed by atoms with Gasteiger partial charge in [0.1, 0.15) is 0 Å². The number of aryl methyl sites for hydroxylation is 1. The van der Waals surface area contributed by atoms with E-state index in [0.29, 0.717) is 18.9 Å². The van der Waals surface area contributed by atoms with Crippen molar-refractivity contribution >= 4 is 23.1 Å². The Kier molecular flexibility index (Phi) is 6.98. The minimum atomic E-state index is -0.270. The van der Waals surface area contributed by atoms with Crippen LogP contribution in [0.2, 0.25) is 0 Å². The molecule has 146 valence electrons. The van der Waals surface area contributed by atoms with Crippen LogP contribution >= 0.6 is 11.3 Å². The molecular formula is C19H27FN6S. The fourth-order valence-electron chi connectivity index (χ4n) is 3.08. The number of hydrogen-bond acceptors (Lipinski definition) is 5. The summed E-state index contributed by atoms with van der Waals surface area (Å²) in [6.45, 7) is 7.18. The summed E-state index contributed by atoms with van der Waals surface area (Å²) in [4.78, 5) is 16.6. The van der Waals surface area contributed by atoms with Crippen LogP contribution < -0.4 is 15.5 Å². The lowest BCUT2D eigenvalue weighted by atomic mass is 10.3. The topological polar surface area (TPSA) is 65.4 Å². The summed E-state index contributed by atoms with van der Waals surface area (Å²) in [6.07, 6.45) is 6.38. The molecule has 1 unspecified atom stereocenters. The average molecular weight is 391 g/mol. The molecule has 0 spiro atoms. The van der Waals surface area contributed by atoms with Crippen LogP contribution in [0.15, 0.2) is 29.5 Å². The molecule has 1 saturated heterocycles. The van der Waals surface area contributed by atoms with E-state index in [1.165, 1.54) is 10.9 Å². The van der Waals surface area contributed by atoms with E-state index in [4.69, 9.17) is 0 Å². The first kappa shape index (κ1) is 19.5. The third kappa shape index (κ3) is 5.38. The lowest BCUT2D eigenvalue weighted by Crippen LogP contribution is -2.44. The zero-order valence-electron chi connectivity index (χ0n) is 15.9. The van der Waals surface area contributed by atoms with Gasteiger partial charge in [-0.1, -0.05) is 6.92 Å². The molecule has 2 N–H and O–H groups in total. The van der Waals surface area contributed by atoms with Crippen LogP contribution in [-0.4, -0.2) is 48.1 Å². The normalized spacial score (nSPS) is 17.4. The van der Waals surface area contributed by atoms with Crippen LogP contribution in [0.25, 0.3) is 0 Å². The van der Waals surface area contributed by atoms with Crippen molar-refractivity contribution in [2.24, 2.45) is 4.99 Å². The summed E-state index contributed by atoms with van der Waals surface area (Å²) in [5.74, 6) is 0.964. The summed E-state index contributed by atoms with van der Waals surface area (Å²) >= 11 is 1.76. The van der Waals surface area contributed by atoms with Crippen LogP contribution in [0.4, 0.5) is 10.2 Å². The van der Waals surface area contributed by atoms with Gasteiger partial charge in [-0.3, -0.25) is 4.99 Å². The summed E-state index contributed by atoms with van der Waals surface area (Å²) < 4.78 is 13.9. The first-order valence-electron chi connectivity index (χ1n) is 9.53. The van der Waals surface area contributed by atoms with E-state index in [9.17, 15) is 4.39 Å². The van der Waals surface area contributed by atoms with Gasteiger partial charge < -0.3 is 15.5 Å². The number of halogens is 1. The van der Waals surface area contributed by atoms with Gasteiger partial charge >= 0.3 is 0 Å². The SMILES string of the molecule is CCNC(=NCCc1ncc(CC)s1)NC1CCN(c2ncccc2F)C1. The molecular weight excluding hydrogens is 363 g/mol. The molecule has 1 fully saturated rings. The molecule has 0 bridgehead atoms. The first-order valence-corrected chi connectivity index (χ1v) is 10.3. The molecule has 0 aliphatic carbocycles. The van der Waals surface area contributed by atoms with Crippen molar-refractivity contribution in [3.05, 3.63) is 40.2 Å². The second kappa shape index (κ2) is 9.64. The molecule has 1 atom stereocenters. The van der Waals surface area contributed by atoms with Gasteiger partial charge in [-0.05, 0) is 31.9 Å². The Morgan fingerprint density at radius 1 is 1.41 bits per heavy atom. The number of nitrogens with zero attached hydrogens (tertiary/aromatic N) is 4. The zero-order valence-corrected chi connectivity index (χ0v) is 16.7. The second-order valence-electron chi connectivity index (χ2n) is 6.47. The van der Waals surface area contributed by atoms with Gasteiger partial charge in [-0.2, -0.15) is 0 Å². The van der Waals surface area contributed by atoms with E-state index < -0.39 is 0 Å². The standard InChI is InChI=1S/C19H27FN6S/c1-3-15-12-24-17(27-15)7-10-23-19(21-4-2)25-14-8-11-26(13-14)18-16(20)6-5-9-22-18/h5-6,9,12,14H,3-4,7-8,10-11,13H2,1-2H3,(H2,21,23,25). The number of anilines is 1. The molecule has 8 heteroatoms. The average Bonchev–Trinajstić information content (AvgIpc) is 3.32. The molecule has 3 heterocycles. The first-order chi connectivity index (χ1) is 13.2. The number of hydrogen-bond donors (Lipinski definition) is 2. The monoisotopic (exact) mass is 390 g/mol. The summed E-state index contributed by atoms with van der Waals surface area (Å²) in [5.41, 5.74) is 0. The van der Waals surface area contributed by atoms with E-state index in [1.54, 1.807) is 23.6 Å². The van der Waals surface area contributed by atoms with Gasteiger partial charge in [0.05, 0.1) is 5.01 Å². The maximum atomic E-state index is 13.9. The number of guanidine groups is 1. The molecule has 27 heavy (non-hydrogen) atoms. The summed E-state index contributed by atoms with van der Waals surface area (Å²) in [6, 6.07) is 3.29. The molecule has 2 aromatic rings. The van der Waals surface area contributed by atoms with Crippen LogP contribution in [-0.2, 0) is 12.8 Å². The number of rotatable bonds is 7. The largest absolute Gasteiger partial charge is 0.357 e. The highest BCUT2D eigenvalue weighted by atomic mass is 32.1. The van der Waals surface area contributed by atoms with Crippen molar-refractivity contribution < 1.29 is 4.39 Å². The third-order valence-corrected chi connectivity index (χ3v) is 5.66. The van der Waals surface area contributed by atoms with Gasteiger partial charge in [-0.25, -0.2) is 14.4 Å². The Balaban J connectivity index is 1.54. The van der Waals surface area contributed by atoms with Crippen molar-refractivity contribution in [3.8, 4) is 0 Å². The molecule has 3 rings (SSSR count). The van der Waals surface area contributed by atoms with Crippen LogP contribution in [0.3, 0.4) is 0 Å². The van der Waals surface area contributed by atoms with E-state index in [0.717, 1.165) is 43.3 Å². The van der Waals surface area contributed by atoms with Gasteiger partial charge in [0.25, 0.3) is 0 Å². The molecule has 0 amide bonds. The lowest BCUT2D eigenvalue weighted by molar-refractivity contribution is 0.612. The van der Waals surface area contributed by atoms with Crippen LogP contribution in [0.1, 0.15) is 30.2 Å². The predicted octanol–water partition coefficient (Wildman–Crippen LogP) is 2.62. The summed E-state index contributed by atoms with van der Waals surface area (Å²) in [7, 11) is 0. The molecule has 0 radical (unpaired) electrons. The van der Waals surface area contributed by atoms with Crippen molar-refractivity contribution in [1.82, 2.24) is 20.6 Å². The van der Waals surface area contributed by atoms with Crippen LogP contribution in [0, 0.1) is 5.82 Å². The van der Waals surface area contributed by atoms with E-state index in [1.807, 2.05) is 11.1 Å². The molecule has 1 aliphatic rings. The van der Waals surface area contributed by atoms with Gasteiger partial charge in [-0.15, -0.1) is 11.3 Å². The number of thiazole rings is 1. The quantitative estimate of drug-likeness (QED) is 0.562. The Hall–Kier alpha value is -2.22. The van der Waals surface area contributed by atoms with Crippen molar-refractivity contribution in [2.45, 2.75) is 39.2 Å². The number of pyridine rings is 1. The Morgan fingerprint density at radius 2 is 2.30 bits per heavy atom. The van der Waals surface area contributed by atoms with Crippen LogP contribution in [0.5, 0.6) is 0 Å². The third-order valence-electron chi connectivity index (χ3n) is 4.46. The fourth-order valence-corrected chi connectivity index (χ4v) is 3.94. The zero-order chi connectivity index (χ0) is 19.1. The number of aromatic nitrogens is 2. The Morgan fingerprint density at radius 3 is 3.04 bits per heavy atom. The smallest absolute Gasteiger partial charge is 0.191 e.